The number of para-hydroxylation sites is 2. The largest absolute Gasteiger partial charge is 0.455 e. The third kappa shape index (κ3) is 3.70. The fourth-order valence-corrected chi connectivity index (χ4v) is 8.66. The Morgan fingerprint density at radius 3 is 1.49 bits per heavy atom. The van der Waals surface area contributed by atoms with E-state index < -0.39 is 0 Å². The average molecular weight is 625 g/mol. The van der Waals surface area contributed by atoms with E-state index in [0.717, 1.165) is 33.1 Å². The van der Waals surface area contributed by atoms with Crippen LogP contribution in [0.2, 0.25) is 0 Å². The molecule has 0 N–H and O–H groups in total. The molecular formula is C48H32O. The molecule has 0 bridgehead atoms. The lowest BCUT2D eigenvalue weighted by Crippen LogP contribution is -2.10. The number of furan rings is 1. The van der Waals surface area contributed by atoms with Crippen LogP contribution in [0.25, 0.3) is 109 Å². The molecule has 0 saturated heterocycles. The van der Waals surface area contributed by atoms with Gasteiger partial charge in [-0.05, 0) is 98.9 Å². The molecule has 1 nitrogen and oxygen atoms in total. The van der Waals surface area contributed by atoms with Crippen LogP contribution in [0, 0.1) is 0 Å². The molecule has 11 aromatic rings. The van der Waals surface area contributed by atoms with Gasteiger partial charge in [-0.2, -0.15) is 0 Å². The Balaban J connectivity index is 1.15. The van der Waals surface area contributed by atoms with Crippen molar-refractivity contribution in [1.29, 1.82) is 0 Å². The molecule has 11 rings (SSSR count). The van der Waals surface area contributed by atoms with Gasteiger partial charge in [-0.3, -0.25) is 0 Å². The third-order valence-corrected chi connectivity index (χ3v) is 11.1. The fraction of sp³-hybridized carbons (Fsp3) is 0.0833. The highest BCUT2D eigenvalue weighted by molar-refractivity contribution is 6.27. The molecule has 1 heteroatoms. The van der Waals surface area contributed by atoms with Gasteiger partial charge in [0.15, 0.2) is 0 Å². The van der Waals surface area contributed by atoms with Crippen molar-refractivity contribution in [2.45, 2.75) is 26.2 Å². The van der Waals surface area contributed by atoms with Crippen LogP contribution in [0.15, 0.2) is 144 Å². The van der Waals surface area contributed by atoms with Crippen molar-refractivity contribution in [3.05, 3.63) is 145 Å². The summed E-state index contributed by atoms with van der Waals surface area (Å²) in [6.07, 6.45) is 0. The fourth-order valence-electron chi connectivity index (χ4n) is 8.66. The lowest BCUT2D eigenvalue weighted by molar-refractivity contribution is 0.591. The van der Waals surface area contributed by atoms with Crippen LogP contribution in [0.3, 0.4) is 0 Å². The molecule has 230 valence electrons. The molecule has 49 heavy (non-hydrogen) atoms. The molecule has 0 saturated carbocycles. The number of fused-ring (bicyclic) bond motifs is 3. The van der Waals surface area contributed by atoms with Gasteiger partial charge in [-0.25, -0.2) is 0 Å². The van der Waals surface area contributed by atoms with Gasteiger partial charge in [0.25, 0.3) is 0 Å². The SMILES string of the molecule is CC(C)(C)c1cc2ccc3ccc(-c4cccc5c4oc4c(-c6cc7ccc8cccc9ccc(c6)c7c89)cccc45)c4ccc(c1)c2c34. The molecule has 0 unspecified atom stereocenters. The lowest BCUT2D eigenvalue weighted by Gasteiger charge is -2.22. The van der Waals surface area contributed by atoms with Crippen molar-refractivity contribution in [3.8, 4) is 22.3 Å². The van der Waals surface area contributed by atoms with E-state index in [9.17, 15) is 0 Å². The molecule has 0 atom stereocenters. The van der Waals surface area contributed by atoms with E-state index in [2.05, 4.69) is 160 Å². The van der Waals surface area contributed by atoms with Crippen LogP contribution >= 0.6 is 0 Å². The Hall–Kier alpha value is -5.92. The van der Waals surface area contributed by atoms with Crippen molar-refractivity contribution in [3.63, 3.8) is 0 Å². The van der Waals surface area contributed by atoms with E-state index in [1.165, 1.54) is 81.3 Å². The summed E-state index contributed by atoms with van der Waals surface area (Å²) in [4.78, 5) is 0. The summed E-state index contributed by atoms with van der Waals surface area (Å²) in [6.45, 7) is 6.88. The molecule has 0 radical (unpaired) electrons. The first-order valence-electron chi connectivity index (χ1n) is 17.3. The summed E-state index contributed by atoms with van der Waals surface area (Å²) in [5, 5.41) is 17.9. The normalized spacial score (nSPS) is 12.8. The van der Waals surface area contributed by atoms with E-state index in [-0.39, 0.29) is 5.41 Å². The maximum Gasteiger partial charge on any atom is 0.143 e. The highest BCUT2D eigenvalue weighted by Gasteiger charge is 2.21. The molecule has 0 fully saturated rings. The van der Waals surface area contributed by atoms with Crippen LogP contribution in [0.4, 0.5) is 0 Å². The number of rotatable bonds is 2. The third-order valence-electron chi connectivity index (χ3n) is 11.1. The number of hydrogen-bond acceptors (Lipinski definition) is 1. The molecule has 0 amide bonds. The second-order valence-electron chi connectivity index (χ2n) is 14.9. The predicted molar refractivity (Wildman–Crippen MR) is 211 cm³/mol. The van der Waals surface area contributed by atoms with Gasteiger partial charge < -0.3 is 4.42 Å². The Kier molecular flexibility index (Phi) is 5.17. The smallest absolute Gasteiger partial charge is 0.143 e. The predicted octanol–water partition coefficient (Wildman–Crippen LogP) is 14.0. The second-order valence-corrected chi connectivity index (χ2v) is 14.9. The highest BCUT2D eigenvalue weighted by Crippen LogP contribution is 2.46. The first-order valence-corrected chi connectivity index (χ1v) is 17.3. The zero-order valence-electron chi connectivity index (χ0n) is 27.7. The molecule has 0 aliphatic carbocycles. The van der Waals surface area contributed by atoms with Crippen molar-refractivity contribution in [2.75, 3.05) is 0 Å². The highest BCUT2D eigenvalue weighted by atomic mass is 16.3. The van der Waals surface area contributed by atoms with Crippen molar-refractivity contribution >= 4 is 86.6 Å². The quantitative estimate of drug-likeness (QED) is 0.174. The Morgan fingerprint density at radius 1 is 0.367 bits per heavy atom. The number of benzene rings is 10. The maximum atomic E-state index is 7.02. The van der Waals surface area contributed by atoms with E-state index in [0.29, 0.717) is 0 Å². The lowest BCUT2D eigenvalue weighted by atomic mass is 9.82. The first-order chi connectivity index (χ1) is 23.9. The van der Waals surface area contributed by atoms with Crippen LogP contribution in [-0.2, 0) is 5.41 Å². The summed E-state index contributed by atoms with van der Waals surface area (Å²) in [5.74, 6) is 0. The van der Waals surface area contributed by atoms with Crippen LogP contribution in [-0.4, -0.2) is 0 Å². The summed E-state index contributed by atoms with van der Waals surface area (Å²) in [7, 11) is 0. The van der Waals surface area contributed by atoms with Crippen molar-refractivity contribution < 1.29 is 4.42 Å². The maximum absolute atomic E-state index is 7.02. The van der Waals surface area contributed by atoms with Gasteiger partial charge in [-0.1, -0.05) is 148 Å². The van der Waals surface area contributed by atoms with Gasteiger partial charge in [0.1, 0.15) is 11.2 Å². The van der Waals surface area contributed by atoms with E-state index >= 15 is 0 Å². The Bertz CT molecular complexity index is 3050. The van der Waals surface area contributed by atoms with Crippen molar-refractivity contribution in [1.82, 2.24) is 0 Å². The van der Waals surface area contributed by atoms with Crippen LogP contribution in [0.5, 0.6) is 0 Å². The van der Waals surface area contributed by atoms with Gasteiger partial charge in [0.2, 0.25) is 0 Å². The van der Waals surface area contributed by atoms with E-state index in [4.69, 9.17) is 4.42 Å². The molecule has 0 aliphatic rings. The standard InChI is InChI=1S/C48H32O/c1-48(2,3)35-25-32-18-15-29-19-21-37(38-22-20-33(26-35)44(32)45(29)38)39-10-6-12-41-40-11-5-9-36(46(40)49-47(39)41)34-23-30-16-13-27-7-4-8-28-14-17-31(24-34)43(30)42(27)28/h4-26H,1-3H3. The second kappa shape index (κ2) is 9.36. The van der Waals surface area contributed by atoms with Crippen LogP contribution < -0.4 is 0 Å². The van der Waals surface area contributed by atoms with Crippen LogP contribution in [0.1, 0.15) is 26.3 Å². The first kappa shape index (κ1) is 27.1. The zero-order valence-corrected chi connectivity index (χ0v) is 27.7. The summed E-state index contributed by atoms with van der Waals surface area (Å²) in [6, 6.07) is 52.0. The monoisotopic (exact) mass is 624 g/mol. The number of hydrogen-bond donors (Lipinski definition) is 0. The minimum Gasteiger partial charge on any atom is -0.455 e. The summed E-state index contributed by atoms with van der Waals surface area (Å²) < 4.78 is 7.02. The molecule has 1 heterocycles. The molecular weight excluding hydrogens is 593 g/mol. The topological polar surface area (TPSA) is 13.1 Å². The summed E-state index contributed by atoms with van der Waals surface area (Å²) in [5.41, 5.74) is 7.96. The van der Waals surface area contributed by atoms with Crippen molar-refractivity contribution in [2.24, 2.45) is 0 Å². The van der Waals surface area contributed by atoms with Gasteiger partial charge in [0.05, 0.1) is 0 Å². The minimum absolute atomic E-state index is 0.0872. The molecule has 0 aliphatic heterocycles. The molecule has 0 spiro atoms. The molecule has 1 aromatic heterocycles. The summed E-state index contributed by atoms with van der Waals surface area (Å²) >= 11 is 0. The minimum atomic E-state index is 0.0872. The molecule has 10 aromatic carbocycles. The van der Waals surface area contributed by atoms with Gasteiger partial charge in [-0.15, -0.1) is 0 Å². The Morgan fingerprint density at radius 2 is 0.837 bits per heavy atom. The van der Waals surface area contributed by atoms with Gasteiger partial charge >= 0.3 is 0 Å². The average Bonchev–Trinajstić information content (AvgIpc) is 3.51. The Labute approximate surface area is 283 Å². The van der Waals surface area contributed by atoms with E-state index in [1.807, 2.05) is 0 Å². The zero-order chi connectivity index (χ0) is 32.6. The van der Waals surface area contributed by atoms with Gasteiger partial charge in [0, 0.05) is 21.9 Å². The van der Waals surface area contributed by atoms with E-state index in [1.54, 1.807) is 0 Å².